The minimum absolute atomic E-state index is 0.151. The molecular formula is C25H27N3O7S2. The summed E-state index contributed by atoms with van der Waals surface area (Å²) in [6, 6.07) is 13.8. The van der Waals surface area contributed by atoms with Crippen LogP contribution >= 0.6 is 0 Å². The molecule has 0 fully saturated rings. The third-order valence-electron chi connectivity index (χ3n) is 6.14. The van der Waals surface area contributed by atoms with Gasteiger partial charge in [-0.1, -0.05) is 18.2 Å². The summed E-state index contributed by atoms with van der Waals surface area (Å²) in [5.74, 6) is -0.901. The average molecular weight is 546 g/mol. The first-order valence-corrected chi connectivity index (χ1v) is 14.6. The number of hydrogen-bond acceptors (Lipinski definition) is 7. The van der Waals surface area contributed by atoms with Gasteiger partial charge in [-0.3, -0.25) is 9.59 Å². The molecule has 2 amide bonds. The molecule has 0 radical (unpaired) electrons. The fourth-order valence-corrected chi connectivity index (χ4v) is 5.68. The molecule has 3 aromatic rings. The van der Waals surface area contributed by atoms with Crippen molar-refractivity contribution in [3.05, 3.63) is 60.4 Å². The van der Waals surface area contributed by atoms with Crippen molar-refractivity contribution >= 4 is 43.0 Å². The minimum Gasteiger partial charge on any atom is -0.438 e. The van der Waals surface area contributed by atoms with Gasteiger partial charge < -0.3 is 14.2 Å². The summed E-state index contributed by atoms with van der Waals surface area (Å²) in [7, 11) is -4.50. The molecule has 1 aromatic heterocycles. The van der Waals surface area contributed by atoms with Crippen LogP contribution in [0.15, 0.2) is 69.0 Å². The third-order valence-corrected chi connectivity index (χ3v) is 8.96. The lowest BCUT2D eigenvalue weighted by atomic mass is 10.0. The van der Waals surface area contributed by atoms with E-state index in [2.05, 4.69) is 0 Å². The lowest BCUT2D eigenvalue weighted by Gasteiger charge is -2.40. The maximum atomic E-state index is 13.6. The predicted molar refractivity (Wildman–Crippen MR) is 139 cm³/mol. The van der Waals surface area contributed by atoms with Gasteiger partial charge in [0.2, 0.25) is 11.0 Å². The molecular weight excluding hydrogens is 518 g/mol. The van der Waals surface area contributed by atoms with Crippen LogP contribution in [0.5, 0.6) is 0 Å². The number of anilines is 2. The van der Waals surface area contributed by atoms with Crippen molar-refractivity contribution < 1.29 is 30.8 Å². The van der Waals surface area contributed by atoms with Gasteiger partial charge in [0.1, 0.15) is 0 Å². The van der Waals surface area contributed by atoms with E-state index >= 15 is 0 Å². The van der Waals surface area contributed by atoms with Crippen molar-refractivity contribution in [1.29, 1.82) is 0 Å². The SMILES string of the molecule is CC(=O)N1c2ccc(-c3ccc(S(C)(=O)=O)cc3)cc2N(C(=O)c2ccc(S(=O)(=O)N(C)C)o2)C[C@@H]1C. The van der Waals surface area contributed by atoms with E-state index < -0.39 is 25.8 Å². The highest BCUT2D eigenvalue weighted by molar-refractivity contribution is 7.90. The Kier molecular flexibility index (Phi) is 6.78. The van der Waals surface area contributed by atoms with Crippen LogP contribution in [0.25, 0.3) is 11.1 Å². The molecule has 0 saturated carbocycles. The number of carbonyl (C=O) groups is 2. The van der Waals surface area contributed by atoms with Crippen LogP contribution in [0.1, 0.15) is 24.4 Å². The molecule has 1 aliphatic heterocycles. The quantitative estimate of drug-likeness (QED) is 0.483. The molecule has 12 heteroatoms. The van der Waals surface area contributed by atoms with Crippen molar-refractivity contribution in [1.82, 2.24) is 4.31 Å². The number of sulfonamides is 1. The van der Waals surface area contributed by atoms with E-state index in [1.54, 1.807) is 35.2 Å². The second-order valence-electron chi connectivity index (χ2n) is 9.06. The number of carbonyl (C=O) groups excluding carboxylic acids is 2. The standard InChI is InChI=1S/C25H27N3O7S2/c1-16-15-27(25(30)23-12-13-24(35-23)37(33,34)26(3)4)22-14-19(8-11-21(22)28(16)17(2)29)18-6-9-20(10-7-18)36(5,31)32/h6-14,16H,15H2,1-5H3/t16-/m0/s1. The Morgan fingerprint density at radius 1 is 0.919 bits per heavy atom. The Bertz CT molecular complexity index is 1590. The summed E-state index contributed by atoms with van der Waals surface area (Å²) < 4.78 is 54.9. The highest BCUT2D eigenvalue weighted by Gasteiger charge is 2.36. The summed E-state index contributed by atoms with van der Waals surface area (Å²) in [6.07, 6.45) is 1.13. The number of amides is 2. The third kappa shape index (κ3) is 4.91. The molecule has 2 heterocycles. The first-order chi connectivity index (χ1) is 17.2. The summed E-state index contributed by atoms with van der Waals surface area (Å²) in [5.41, 5.74) is 2.37. The summed E-state index contributed by atoms with van der Waals surface area (Å²) in [5, 5.41) is -0.351. The van der Waals surface area contributed by atoms with E-state index in [0.717, 1.165) is 10.6 Å². The smallest absolute Gasteiger partial charge is 0.294 e. The minimum atomic E-state index is -3.87. The first kappa shape index (κ1) is 26.6. The van der Waals surface area contributed by atoms with Gasteiger partial charge >= 0.3 is 0 Å². The maximum Gasteiger partial charge on any atom is 0.294 e. The van der Waals surface area contributed by atoms with E-state index in [1.807, 2.05) is 6.92 Å². The molecule has 37 heavy (non-hydrogen) atoms. The van der Waals surface area contributed by atoms with Gasteiger partial charge in [-0.05, 0) is 54.4 Å². The molecule has 0 saturated heterocycles. The normalized spacial score (nSPS) is 16.1. The van der Waals surface area contributed by atoms with E-state index in [-0.39, 0.29) is 34.2 Å². The molecule has 1 atom stereocenters. The van der Waals surface area contributed by atoms with Crippen molar-refractivity contribution in [2.24, 2.45) is 0 Å². The molecule has 4 rings (SSSR count). The second-order valence-corrected chi connectivity index (χ2v) is 13.2. The van der Waals surface area contributed by atoms with Crippen LogP contribution in [-0.4, -0.2) is 65.9 Å². The van der Waals surface area contributed by atoms with E-state index in [1.165, 1.54) is 50.2 Å². The van der Waals surface area contributed by atoms with Gasteiger partial charge in [0.25, 0.3) is 15.9 Å². The molecule has 196 valence electrons. The number of fused-ring (bicyclic) bond motifs is 1. The van der Waals surface area contributed by atoms with Gasteiger partial charge in [-0.15, -0.1) is 0 Å². The molecule has 0 unspecified atom stereocenters. The Morgan fingerprint density at radius 2 is 1.54 bits per heavy atom. The molecule has 0 N–H and O–H groups in total. The Hall–Kier alpha value is -3.48. The lowest BCUT2D eigenvalue weighted by molar-refractivity contribution is -0.117. The topological polar surface area (TPSA) is 125 Å². The lowest BCUT2D eigenvalue weighted by Crippen LogP contribution is -2.51. The summed E-state index contributed by atoms with van der Waals surface area (Å²) in [6.45, 7) is 3.41. The highest BCUT2D eigenvalue weighted by atomic mass is 32.2. The Balaban J connectivity index is 1.79. The first-order valence-electron chi connectivity index (χ1n) is 11.3. The molecule has 1 aliphatic rings. The largest absolute Gasteiger partial charge is 0.438 e. The highest BCUT2D eigenvalue weighted by Crippen LogP contribution is 2.40. The Labute approximate surface area is 216 Å². The number of hydrogen-bond donors (Lipinski definition) is 0. The fraction of sp³-hybridized carbons (Fsp3) is 0.280. The van der Waals surface area contributed by atoms with E-state index in [0.29, 0.717) is 22.5 Å². The molecule has 0 bridgehead atoms. The van der Waals surface area contributed by atoms with Crippen LogP contribution in [0.2, 0.25) is 0 Å². The van der Waals surface area contributed by atoms with Crippen LogP contribution in [0.3, 0.4) is 0 Å². The van der Waals surface area contributed by atoms with Crippen LogP contribution in [-0.2, 0) is 24.7 Å². The molecule has 10 nitrogen and oxygen atoms in total. The fourth-order valence-electron chi connectivity index (χ4n) is 4.26. The zero-order valence-corrected chi connectivity index (χ0v) is 22.6. The van der Waals surface area contributed by atoms with Gasteiger partial charge in [-0.25, -0.2) is 21.1 Å². The summed E-state index contributed by atoms with van der Waals surface area (Å²) >= 11 is 0. The zero-order valence-electron chi connectivity index (χ0n) is 21.0. The number of furan rings is 1. The maximum absolute atomic E-state index is 13.6. The van der Waals surface area contributed by atoms with Crippen LogP contribution < -0.4 is 9.80 Å². The van der Waals surface area contributed by atoms with Crippen molar-refractivity contribution in [3.8, 4) is 11.1 Å². The van der Waals surface area contributed by atoms with Crippen molar-refractivity contribution in [3.63, 3.8) is 0 Å². The zero-order chi connectivity index (χ0) is 27.3. The number of nitrogens with zero attached hydrogens (tertiary/aromatic N) is 3. The molecule has 0 spiro atoms. The van der Waals surface area contributed by atoms with E-state index in [9.17, 15) is 26.4 Å². The van der Waals surface area contributed by atoms with Crippen LogP contribution in [0.4, 0.5) is 11.4 Å². The monoisotopic (exact) mass is 545 g/mol. The molecule has 2 aromatic carbocycles. The van der Waals surface area contributed by atoms with Crippen molar-refractivity contribution in [2.75, 3.05) is 36.7 Å². The number of sulfone groups is 1. The van der Waals surface area contributed by atoms with Gasteiger partial charge in [0, 0.05) is 33.8 Å². The number of benzene rings is 2. The predicted octanol–water partition coefficient (Wildman–Crippen LogP) is 3.00. The van der Waals surface area contributed by atoms with Gasteiger partial charge in [0.15, 0.2) is 15.6 Å². The second kappa shape index (κ2) is 9.43. The average Bonchev–Trinajstić information content (AvgIpc) is 3.33. The summed E-state index contributed by atoms with van der Waals surface area (Å²) in [4.78, 5) is 29.2. The van der Waals surface area contributed by atoms with Crippen molar-refractivity contribution in [2.45, 2.75) is 29.9 Å². The van der Waals surface area contributed by atoms with Gasteiger partial charge in [0.05, 0.1) is 22.3 Å². The van der Waals surface area contributed by atoms with Gasteiger partial charge in [-0.2, -0.15) is 0 Å². The Morgan fingerprint density at radius 3 is 2.11 bits per heavy atom. The molecule has 0 aliphatic carbocycles. The van der Waals surface area contributed by atoms with Crippen LogP contribution in [0, 0.1) is 0 Å². The van der Waals surface area contributed by atoms with E-state index in [4.69, 9.17) is 4.42 Å². The number of rotatable bonds is 5.